The molecule has 1 aromatic heterocycles. The highest BCUT2D eigenvalue weighted by Crippen LogP contribution is 2.29. The minimum absolute atomic E-state index is 0.0129. The van der Waals surface area contributed by atoms with Gasteiger partial charge in [-0.25, -0.2) is 4.98 Å². The first-order chi connectivity index (χ1) is 11.1. The van der Waals surface area contributed by atoms with Gasteiger partial charge in [-0.05, 0) is 44.2 Å². The molecule has 23 heavy (non-hydrogen) atoms. The zero-order valence-corrected chi connectivity index (χ0v) is 14.6. The van der Waals surface area contributed by atoms with Crippen LogP contribution >= 0.6 is 22.9 Å². The second kappa shape index (κ2) is 7.43. The van der Waals surface area contributed by atoms with E-state index in [0.29, 0.717) is 10.2 Å². The molecule has 1 amide bonds. The third-order valence-corrected chi connectivity index (χ3v) is 5.45. The molecule has 1 aliphatic rings. The van der Waals surface area contributed by atoms with Crippen molar-refractivity contribution in [1.29, 1.82) is 0 Å². The van der Waals surface area contributed by atoms with E-state index in [1.807, 2.05) is 31.2 Å². The van der Waals surface area contributed by atoms with Gasteiger partial charge >= 0.3 is 0 Å². The Balaban J connectivity index is 1.53. The molecular formula is C17H20ClN3OS. The molecule has 2 aromatic rings. The maximum absolute atomic E-state index is 12.1. The number of carbonyl (C=O) groups is 1. The standard InChI is InChI=1S/C17H20ClN3OS/c1-11(12-6-2-3-7-13(12)18)19-10-16(22)21-17-20-14-8-4-5-9-15(14)23-17/h2-3,6-7,11,19H,4-5,8-10H2,1H3,(H,20,21,22). The van der Waals surface area contributed by atoms with Crippen molar-refractivity contribution in [3.63, 3.8) is 0 Å². The summed E-state index contributed by atoms with van der Waals surface area (Å²) in [5.41, 5.74) is 2.15. The van der Waals surface area contributed by atoms with E-state index in [9.17, 15) is 4.79 Å². The topological polar surface area (TPSA) is 54.0 Å². The first-order valence-corrected chi connectivity index (χ1v) is 9.09. The van der Waals surface area contributed by atoms with E-state index in [0.717, 1.165) is 24.1 Å². The van der Waals surface area contributed by atoms with Crippen LogP contribution in [-0.4, -0.2) is 17.4 Å². The van der Waals surface area contributed by atoms with E-state index < -0.39 is 0 Å². The van der Waals surface area contributed by atoms with Crippen LogP contribution in [0.4, 0.5) is 5.13 Å². The lowest BCUT2D eigenvalue weighted by Crippen LogP contribution is -2.30. The Hall–Kier alpha value is -1.43. The van der Waals surface area contributed by atoms with Crippen molar-refractivity contribution in [2.24, 2.45) is 0 Å². The molecule has 4 nitrogen and oxygen atoms in total. The summed E-state index contributed by atoms with van der Waals surface area (Å²) in [5, 5.41) is 7.52. The van der Waals surface area contributed by atoms with Crippen LogP contribution in [0, 0.1) is 0 Å². The van der Waals surface area contributed by atoms with Crippen LogP contribution in [0.1, 0.15) is 41.9 Å². The third-order valence-electron chi connectivity index (χ3n) is 4.03. The Kier molecular flexibility index (Phi) is 5.30. The molecule has 2 N–H and O–H groups in total. The van der Waals surface area contributed by atoms with Gasteiger partial charge in [0.05, 0.1) is 12.2 Å². The van der Waals surface area contributed by atoms with Crippen LogP contribution in [0.2, 0.25) is 5.02 Å². The smallest absolute Gasteiger partial charge is 0.240 e. The minimum atomic E-state index is -0.0741. The molecule has 1 aromatic carbocycles. The van der Waals surface area contributed by atoms with Gasteiger partial charge < -0.3 is 10.6 Å². The number of hydrogen-bond donors (Lipinski definition) is 2. The summed E-state index contributed by atoms with van der Waals surface area (Å²) in [6, 6.07) is 7.68. The number of aromatic nitrogens is 1. The Labute approximate surface area is 145 Å². The summed E-state index contributed by atoms with van der Waals surface area (Å²) < 4.78 is 0. The Morgan fingerprint density at radius 1 is 1.35 bits per heavy atom. The number of anilines is 1. The molecule has 0 bridgehead atoms. The fourth-order valence-corrected chi connectivity index (χ4v) is 4.12. The van der Waals surface area contributed by atoms with Crippen molar-refractivity contribution in [2.75, 3.05) is 11.9 Å². The maximum atomic E-state index is 12.1. The van der Waals surface area contributed by atoms with Gasteiger partial charge in [0.2, 0.25) is 5.91 Å². The quantitative estimate of drug-likeness (QED) is 0.858. The first-order valence-electron chi connectivity index (χ1n) is 7.89. The van der Waals surface area contributed by atoms with E-state index in [2.05, 4.69) is 15.6 Å². The summed E-state index contributed by atoms with van der Waals surface area (Å²) >= 11 is 7.78. The summed E-state index contributed by atoms with van der Waals surface area (Å²) in [6.45, 7) is 2.23. The van der Waals surface area contributed by atoms with E-state index >= 15 is 0 Å². The van der Waals surface area contributed by atoms with Crippen LogP contribution < -0.4 is 10.6 Å². The molecule has 0 saturated heterocycles. The maximum Gasteiger partial charge on any atom is 0.240 e. The molecule has 122 valence electrons. The zero-order chi connectivity index (χ0) is 16.2. The highest BCUT2D eigenvalue weighted by molar-refractivity contribution is 7.15. The first kappa shape index (κ1) is 16.4. The largest absolute Gasteiger partial charge is 0.302 e. The van der Waals surface area contributed by atoms with Crippen molar-refractivity contribution < 1.29 is 4.79 Å². The number of benzene rings is 1. The minimum Gasteiger partial charge on any atom is -0.302 e. The van der Waals surface area contributed by atoms with Gasteiger partial charge in [0.25, 0.3) is 0 Å². The van der Waals surface area contributed by atoms with E-state index in [-0.39, 0.29) is 18.5 Å². The highest BCUT2D eigenvalue weighted by atomic mass is 35.5. The number of nitrogens with one attached hydrogen (secondary N) is 2. The van der Waals surface area contributed by atoms with E-state index in [1.165, 1.54) is 17.7 Å². The number of aryl methyl sites for hydroxylation is 2. The van der Waals surface area contributed by atoms with Crippen LogP contribution in [0.15, 0.2) is 24.3 Å². The van der Waals surface area contributed by atoms with Gasteiger partial charge in [0.15, 0.2) is 5.13 Å². The molecular weight excluding hydrogens is 330 g/mol. The molecule has 1 atom stereocenters. The predicted molar refractivity (Wildman–Crippen MR) is 95.3 cm³/mol. The zero-order valence-electron chi connectivity index (χ0n) is 13.1. The molecule has 6 heteroatoms. The second-order valence-corrected chi connectivity index (χ2v) is 7.26. The molecule has 3 rings (SSSR count). The lowest BCUT2D eigenvalue weighted by atomic mass is 10.0. The molecule has 0 spiro atoms. The second-order valence-electron chi connectivity index (χ2n) is 5.77. The molecule has 1 aliphatic carbocycles. The average Bonchev–Trinajstić information content (AvgIpc) is 2.95. The SMILES string of the molecule is CC(NCC(=O)Nc1nc2c(s1)CCCC2)c1ccccc1Cl. The van der Waals surface area contributed by atoms with Crippen LogP contribution in [-0.2, 0) is 17.6 Å². The lowest BCUT2D eigenvalue weighted by molar-refractivity contribution is -0.115. The number of nitrogens with zero attached hydrogens (tertiary/aromatic N) is 1. The van der Waals surface area contributed by atoms with Gasteiger partial charge in [0.1, 0.15) is 0 Å². The monoisotopic (exact) mass is 349 g/mol. The molecule has 0 fully saturated rings. The van der Waals surface area contributed by atoms with Gasteiger partial charge in [0, 0.05) is 15.9 Å². The van der Waals surface area contributed by atoms with Crippen molar-refractivity contribution >= 4 is 34.0 Å². The van der Waals surface area contributed by atoms with Gasteiger partial charge in [-0.1, -0.05) is 29.8 Å². The molecule has 0 radical (unpaired) electrons. The fraction of sp³-hybridized carbons (Fsp3) is 0.412. The summed E-state index contributed by atoms with van der Waals surface area (Å²) in [4.78, 5) is 18.0. The van der Waals surface area contributed by atoms with Crippen LogP contribution in [0.3, 0.4) is 0 Å². The molecule has 0 aliphatic heterocycles. The van der Waals surface area contributed by atoms with Crippen molar-refractivity contribution in [2.45, 2.75) is 38.6 Å². The number of fused-ring (bicyclic) bond motifs is 1. The van der Waals surface area contributed by atoms with Gasteiger partial charge in [-0.2, -0.15) is 0 Å². The number of hydrogen-bond acceptors (Lipinski definition) is 4. The third kappa shape index (κ3) is 4.10. The number of thiazole rings is 1. The Morgan fingerprint density at radius 2 is 2.13 bits per heavy atom. The number of rotatable bonds is 5. The van der Waals surface area contributed by atoms with Crippen molar-refractivity contribution in [1.82, 2.24) is 10.3 Å². The van der Waals surface area contributed by atoms with E-state index in [4.69, 9.17) is 11.6 Å². The van der Waals surface area contributed by atoms with Crippen LogP contribution in [0.25, 0.3) is 0 Å². The summed E-state index contributed by atoms with van der Waals surface area (Å²) in [6.07, 6.45) is 4.54. The van der Waals surface area contributed by atoms with Crippen LogP contribution in [0.5, 0.6) is 0 Å². The summed E-state index contributed by atoms with van der Waals surface area (Å²) in [5.74, 6) is -0.0741. The molecule has 0 saturated carbocycles. The van der Waals surface area contributed by atoms with Gasteiger partial charge in [-0.15, -0.1) is 11.3 Å². The highest BCUT2D eigenvalue weighted by Gasteiger charge is 2.17. The normalized spacial score (nSPS) is 15.0. The van der Waals surface area contributed by atoms with Crippen molar-refractivity contribution in [3.8, 4) is 0 Å². The molecule has 1 heterocycles. The van der Waals surface area contributed by atoms with E-state index in [1.54, 1.807) is 11.3 Å². The summed E-state index contributed by atoms with van der Waals surface area (Å²) in [7, 11) is 0. The number of carbonyl (C=O) groups excluding carboxylic acids is 1. The fourth-order valence-electron chi connectivity index (χ4n) is 2.75. The molecule has 1 unspecified atom stereocenters. The lowest BCUT2D eigenvalue weighted by Gasteiger charge is -2.15. The van der Waals surface area contributed by atoms with Crippen molar-refractivity contribution in [3.05, 3.63) is 45.4 Å². The Bertz CT molecular complexity index is 677. The number of halogens is 1. The average molecular weight is 350 g/mol. The predicted octanol–water partition coefficient (Wildman–Crippen LogP) is 3.96. The van der Waals surface area contributed by atoms with Gasteiger partial charge in [-0.3, -0.25) is 4.79 Å². The Morgan fingerprint density at radius 3 is 2.91 bits per heavy atom. The number of amides is 1.